The molecule has 1 fully saturated rings. The van der Waals surface area contributed by atoms with Crippen LogP contribution in [-0.4, -0.2) is 36.8 Å². The maximum atomic E-state index is 12.6. The minimum absolute atomic E-state index is 0. The van der Waals surface area contributed by atoms with E-state index in [0.29, 0.717) is 24.1 Å². The summed E-state index contributed by atoms with van der Waals surface area (Å²) in [5.41, 5.74) is 6.10. The van der Waals surface area contributed by atoms with Crippen LogP contribution in [-0.2, 0) is 10.0 Å². The lowest BCUT2D eigenvalue weighted by Crippen LogP contribution is -2.32. The molecule has 0 bridgehead atoms. The molecule has 1 aromatic carbocycles. The first-order valence-electron chi connectivity index (χ1n) is 6.25. The molecular weight excluding hydrogens is 318 g/mol. The summed E-state index contributed by atoms with van der Waals surface area (Å²) in [6, 6.07) is 2.93. The van der Waals surface area contributed by atoms with Crippen LogP contribution in [0, 0.1) is 24.0 Å². The Kier molecular flexibility index (Phi) is 5.32. The zero-order valence-electron chi connectivity index (χ0n) is 11.8. The topological polar surface area (TPSA) is 107 Å². The Balaban J connectivity index is 0.00000220. The van der Waals surface area contributed by atoms with E-state index in [-0.39, 0.29) is 35.6 Å². The van der Waals surface area contributed by atoms with Crippen molar-refractivity contribution in [1.82, 2.24) is 4.31 Å². The first-order valence-corrected chi connectivity index (χ1v) is 7.69. The first-order chi connectivity index (χ1) is 9.25. The molecule has 21 heavy (non-hydrogen) atoms. The fourth-order valence-electron chi connectivity index (χ4n) is 2.42. The van der Waals surface area contributed by atoms with Gasteiger partial charge < -0.3 is 5.73 Å². The molecule has 118 valence electrons. The smallest absolute Gasteiger partial charge is 0.292 e. The fraction of sp³-hybridized carbons (Fsp3) is 0.500. The molecule has 7 nitrogen and oxygen atoms in total. The van der Waals surface area contributed by atoms with Crippen molar-refractivity contribution in [2.75, 3.05) is 13.1 Å². The number of hydrogen-bond acceptors (Lipinski definition) is 5. The lowest BCUT2D eigenvalue weighted by molar-refractivity contribution is -0.388. The number of sulfonamides is 1. The molecule has 9 heteroatoms. The monoisotopic (exact) mass is 335 g/mol. The second kappa shape index (κ2) is 6.27. The zero-order chi connectivity index (χ0) is 15.1. The van der Waals surface area contributed by atoms with Crippen LogP contribution in [0.4, 0.5) is 5.69 Å². The van der Waals surface area contributed by atoms with E-state index in [4.69, 9.17) is 5.73 Å². The van der Waals surface area contributed by atoms with Gasteiger partial charge in [-0.2, -0.15) is 4.31 Å². The Morgan fingerprint density at radius 1 is 1.33 bits per heavy atom. The fourth-order valence-corrected chi connectivity index (χ4v) is 4.37. The van der Waals surface area contributed by atoms with Crippen molar-refractivity contribution < 1.29 is 13.3 Å². The van der Waals surface area contributed by atoms with Gasteiger partial charge in [-0.3, -0.25) is 10.1 Å². The summed E-state index contributed by atoms with van der Waals surface area (Å²) < 4.78 is 26.5. The normalized spacial score (nSPS) is 19.3. The van der Waals surface area contributed by atoms with Gasteiger partial charge in [-0.25, -0.2) is 8.42 Å². The maximum absolute atomic E-state index is 12.6. The SMILES string of the molecule is Cc1ccc(C)c(S(=O)(=O)N2CC[C@@H](N)C2)c1[N+](=O)[O-].Cl. The molecule has 1 saturated heterocycles. The molecule has 0 amide bonds. The van der Waals surface area contributed by atoms with Gasteiger partial charge in [0.2, 0.25) is 10.0 Å². The summed E-state index contributed by atoms with van der Waals surface area (Å²) in [5.74, 6) is 0. The van der Waals surface area contributed by atoms with Crippen molar-refractivity contribution >= 4 is 28.1 Å². The minimum atomic E-state index is -3.89. The van der Waals surface area contributed by atoms with Crippen LogP contribution in [0.3, 0.4) is 0 Å². The van der Waals surface area contributed by atoms with Gasteiger partial charge in [0, 0.05) is 24.7 Å². The highest BCUT2D eigenvalue weighted by Crippen LogP contribution is 2.33. The molecular formula is C12H18ClN3O4S. The van der Waals surface area contributed by atoms with Crippen molar-refractivity contribution in [2.45, 2.75) is 31.2 Å². The number of nitrogens with two attached hydrogens (primary N) is 1. The van der Waals surface area contributed by atoms with Crippen LogP contribution in [0.5, 0.6) is 0 Å². The molecule has 0 spiro atoms. The van der Waals surface area contributed by atoms with E-state index >= 15 is 0 Å². The molecule has 0 aliphatic carbocycles. The Labute approximate surface area is 129 Å². The van der Waals surface area contributed by atoms with E-state index < -0.39 is 14.9 Å². The second-order valence-corrected chi connectivity index (χ2v) is 6.92. The van der Waals surface area contributed by atoms with Crippen LogP contribution >= 0.6 is 12.4 Å². The number of nitro groups is 1. The summed E-state index contributed by atoms with van der Waals surface area (Å²) in [4.78, 5) is 10.4. The lowest BCUT2D eigenvalue weighted by atomic mass is 10.1. The van der Waals surface area contributed by atoms with Crippen LogP contribution in [0.25, 0.3) is 0 Å². The van der Waals surface area contributed by atoms with Crippen molar-refractivity contribution in [1.29, 1.82) is 0 Å². The van der Waals surface area contributed by atoms with Gasteiger partial charge in [0.25, 0.3) is 5.69 Å². The van der Waals surface area contributed by atoms with Gasteiger partial charge >= 0.3 is 0 Å². The summed E-state index contributed by atoms with van der Waals surface area (Å²) in [6.07, 6.45) is 0.567. The summed E-state index contributed by atoms with van der Waals surface area (Å²) >= 11 is 0. The van der Waals surface area contributed by atoms with E-state index in [0.717, 1.165) is 0 Å². The van der Waals surface area contributed by atoms with Crippen LogP contribution in [0.2, 0.25) is 0 Å². The largest absolute Gasteiger partial charge is 0.326 e. The van der Waals surface area contributed by atoms with Gasteiger partial charge in [-0.1, -0.05) is 12.1 Å². The first kappa shape index (κ1) is 17.8. The lowest BCUT2D eigenvalue weighted by Gasteiger charge is -2.18. The van der Waals surface area contributed by atoms with Crippen LogP contribution in [0.1, 0.15) is 17.5 Å². The zero-order valence-corrected chi connectivity index (χ0v) is 13.4. The third-order valence-corrected chi connectivity index (χ3v) is 5.54. The molecule has 2 rings (SSSR count). The molecule has 1 aromatic rings. The van der Waals surface area contributed by atoms with Gasteiger partial charge in [-0.15, -0.1) is 12.4 Å². The summed E-state index contributed by atoms with van der Waals surface area (Å²) in [5, 5.41) is 11.2. The predicted octanol–water partition coefficient (Wildman–Crippen LogP) is 1.36. The Morgan fingerprint density at radius 3 is 2.38 bits per heavy atom. The number of halogens is 1. The van der Waals surface area contributed by atoms with Gasteiger partial charge in [0.15, 0.2) is 4.90 Å². The highest BCUT2D eigenvalue weighted by atomic mass is 35.5. The molecule has 1 atom stereocenters. The van der Waals surface area contributed by atoms with E-state index in [1.807, 2.05) is 0 Å². The molecule has 1 aliphatic heterocycles. The predicted molar refractivity (Wildman–Crippen MR) is 81.2 cm³/mol. The molecule has 0 saturated carbocycles. The quantitative estimate of drug-likeness (QED) is 0.663. The van der Waals surface area contributed by atoms with E-state index in [1.165, 1.54) is 11.2 Å². The number of nitrogens with zero attached hydrogens (tertiary/aromatic N) is 2. The minimum Gasteiger partial charge on any atom is -0.326 e. The third-order valence-electron chi connectivity index (χ3n) is 3.50. The highest BCUT2D eigenvalue weighted by molar-refractivity contribution is 7.89. The van der Waals surface area contributed by atoms with Crippen molar-refractivity contribution in [3.63, 3.8) is 0 Å². The number of hydrogen-bond donors (Lipinski definition) is 1. The van der Waals surface area contributed by atoms with Crippen LogP contribution < -0.4 is 5.73 Å². The average Bonchev–Trinajstić information content (AvgIpc) is 2.78. The summed E-state index contributed by atoms with van der Waals surface area (Å²) in [6.45, 7) is 3.60. The van der Waals surface area contributed by atoms with Crippen molar-refractivity contribution in [3.8, 4) is 0 Å². The summed E-state index contributed by atoms with van der Waals surface area (Å²) in [7, 11) is -3.89. The van der Waals surface area contributed by atoms with Gasteiger partial charge in [0.05, 0.1) is 4.92 Å². The molecule has 0 aromatic heterocycles. The van der Waals surface area contributed by atoms with E-state index in [2.05, 4.69) is 0 Å². The number of aryl methyl sites for hydroxylation is 2. The van der Waals surface area contributed by atoms with Gasteiger partial charge in [-0.05, 0) is 25.8 Å². The van der Waals surface area contributed by atoms with Crippen molar-refractivity contribution in [2.24, 2.45) is 5.73 Å². The Hall–Kier alpha value is -1.22. The Bertz CT molecular complexity index is 663. The van der Waals surface area contributed by atoms with Crippen molar-refractivity contribution in [3.05, 3.63) is 33.4 Å². The second-order valence-electron chi connectivity index (χ2n) is 5.05. The van der Waals surface area contributed by atoms with E-state index in [1.54, 1.807) is 19.1 Å². The highest BCUT2D eigenvalue weighted by Gasteiger charge is 2.37. The third kappa shape index (κ3) is 3.18. The Morgan fingerprint density at radius 2 is 1.90 bits per heavy atom. The number of rotatable bonds is 3. The van der Waals surface area contributed by atoms with Crippen LogP contribution in [0.15, 0.2) is 17.0 Å². The standard InChI is InChI=1S/C12H17N3O4S.ClH/c1-8-3-4-9(2)12(11(8)15(16)17)20(18,19)14-6-5-10(13)7-14;/h3-4,10H,5-7,13H2,1-2H3;1H/t10-;/m1./s1. The number of nitro benzene ring substituents is 1. The average molecular weight is 336 g/mol. The number of benzene rings is 1. The molecule has 2 N–H and O–H groups in total. The molecule has 0 radical (unpaired) electrons. The molecule has 1 aliphatic rings. The molecule has 0 unspecified atom stereocenters. The molecule has 1 heterocycles. The maximum Gasteiger partial charge on any atom is 0.292 e. The van der Waals surface area contributed by atoms with Gasteiger partial charge in [0.1, 0.15) is 0 Å². The van der Waals surface area contributed by atoms with E-state index in [9.17, 15) is 18.5 Å².